The van der Waals surface area contributed by atoms with E-state index >= 15 is 0 Å². The van der Waals surface area contributed by atoms with Gasteiger partial charge in [0.2, 0.25) is 5.88 Å². The van der Waals surface area contributed by atoms with Crippen molar-refractivity contribution >= 4 is 11.8 Å². The quantitative estimate of drug-likeness (QED) is 0.719. The number of anilines is 1. The Morgan fingerprint density at radius 2 is 1.77 bits per heavy atom. The van der Waals surface area contributed by atoms with Gasteiger partial charge in [0.25, 0.3) is 0 Å². The van der Waals surface area contributed by atoms with Crippen molar-refractivity contribution in [3.05, 3.63) is 53.0 Å². The summed E-state index contributed by atoms with van der Waals surface area (Å²) in [7, 11) is 1.28. The number of carbonyl (C=O) groups excluding carboxylic acids is 1. The molecule has 1 aromatic carbocycles. The van der Waals surface area contributed by atoms with E-state index in [2.05, 4.69) is 25.9 Å². The van der Waals surface area contributed by atoms with Gasteiger partial charge in [-0.1, -0.05) is 6.07 Å². The highest BCUT2D eigenvalue weighted by Gasteiger charge is 2.18. The topological polar surface area (TPSA) is 105 Å². The number of aromatic nitrogens is 4. The first-order chi connectivity index (χ1) is 12.4. The van der Waals surface area contributed by atoms with Crippen molar-refractivity contribution in [2.24, 2.45) is 0 Å². The molecule has 2 N–H and O–H groups in total. The van der Waals surface area contributed by atoms with Crippen LogP contribution in [0.25, 0.3) is 5.82 Å². The molecule has 0 aliphatic heterocycles. The van der Waals surface area contributed by atoms with Gasteiger partial charge in [-0.3, -0.25) is 0 Å². The molecule has 0 spiro atoms. The van der Waals surface area contributed by atoms with Gasteiger partial charge < -0.3 is 15.2 Å². The Morgan fingerprint density at radius 1 is 1.08 bits per heavy atom. The van der Waals surface area contributed by atoms with E-state index in [1.54, 1.807) is 13.0 Å². The van der Waals surface area contributed by atoms with Crippen LogP contribution in [-0.4, -0.2) is 32.8 Å². The van der Waals surface area contributed by atoms with Crippen LogP contribution in [0, 0.1) is 20.8 Å². The number of methoxy groups -OCH3 is 1. The number of ether oxygens (including phenoxy) is 2. The minimum atomic E-state index is -0.564. The van der Waals surface area contributed by atoms with Gasteiger partial charge in [-0.15, -0.1) is 0 Å². The minimum Gasteiger partial charge on any atom is -0.465 e. The summed E-state index contributed by atoms with van der Waals surface area (Å²) in [5.41, 5.74) is 8.35. The van der Waals surface area contributed by atoms with Crippen molar-refractivity contribution in [3.8, 4) is 17.4 Å². The largest absolute Gasteiger partial charge is 0.465 e. The molecule has 8 heteroatoms. The summed E-state index contributed by atoms with van der Waals surface area (Å²) in [5.74, 6) is 1.47. The van der Waals surface area contributed by atoms with Gasteiger partial charge >= 0.3 is 5.97 Å². The van der Waals surface area contributed by atoms with E-state index in [0.29, 0.717) is 23.3 Å². The summed E-state index contributed by atoms with van der Waals surface area (Å²) in [6.45, 7) is 5.73. The summed E-state index contributed by atoms with van der Waals surface area (Å²) < 4.78 is 11.9. The SMILES string of the molecule is COC(=O)c1cnn(-c2cc(Oc3cc(C)cc(C)c3)nc(C)n2)c1N. The van der Waals surface area contributed by atoms with E-state index in [9.17, 15) is 4.79 Å². The maximum atomic E-state index is 11.7. The van der Waals surface area contributed by atoms with Gasteiger partial charge in [-0.2, -0.15) is 14.8 Å². The zero-order valence-electron chi connectivity index (χ0n) is 15.0. The number of hydrogen-bond donors (Lipinski definition) is 1. The molecule has 0 amide bonds. The molecule has 3 rings (SSSR count). The first-order valence-corrected chi connectivity index (χ1v) is 7.91. The van der Waals surface area contributed by atoms with Gasteiger partial charge in [-0.25, -0.2) is 9.78 Å². The molecule has 0 fully saturated rings. The van der Waals surface area contributed by atoms with Crippen molar-refractivity contribution in [1.29, 1.82) is 0 Å². The van der Waals surface area contributed by atoms with Crippen molar-refractivity contribution in [2.45, 2.75) is 20.8 Å². The van der Waals surface area contributed by atoms with Crippen LogP contribution in [0.15, 0.2) is 30.5 Å². The normalized spacial score (nSPS) is 10.6. The molecule has 134 valence electrons. The molecule has 0 saturated heterocycles. The average molecular weight is 353 g/mol. The Labute approximate surface area is 150 Å². The van der Waals surface area contributed by atoms with Gasteiger partial charge in [0.15, 0.2) is 5.82 Å². The molecule has 0 saturated carbocycles. The first kappa shape index (κ1) is 17.4. The molecule has 0 atom stereocenters. The van der Waals surface area contributed by atoms with E-state index in [-0.39, 0.29) is 11.4 Å². The molecule has 26 heavy (non-hydrogen) atoms. The van der Waals surface area contributed by atoms with Crippen LogP contribution < -0.4 is 10.5 Å². The fraction of sp³-hybridized carbons (Fsp3) is 0.222. The Bertz CT molecular complexity index is 961. The maximum Gasteiger partial charge on any atom is 0.343 e. The lowest BCUT2D eigenvalue weighted by Gasteiger charge is -2.10. The monoisotopic (exact) mass is 353 g/mol. The van der Waals surface area contributed by atoms with Crippen molar-refractivity contribution in [1.82, 2.24) is 19.7 Å². The molecule has 0 bridgehead atoms. The van der Waals surface area contributed by atoms with Crippen LogP contribution in [0.4, 0.5) is 5.82 Å². The predicted octanol–water partition coefficient (Wildman–Crippen LogP) is 2.75. The molecule has 3 aromatic rings. The average Bonchev–Trinajstić information content (AvgIpc) is 2.94. The number of aryl methyl sites for hydroxylation is 3. The minimum absolute atomic E-state index is 0.132. The molecule has 2 heterocycles. The van der Waals surface area contributed by atoms with Crippen LogP contribution in [0.3, 0.4) is 0 Å². The zero-order chi connectivity index (χ0) is 18.8. The van der Waals surface area contributed by atoms with E-state index < -0.39 is 5.97 Å². The zero-order valence-corrected chi connectivity index (χ0v) is 15.0. The summed E-state index contributed by atoms with van der Waals surface area (Å²) in [6, 6.07) is 7.50. The second-order valence-electron chi connectivity index (χ2n) is 5.88. The Balaban J connectivity index is 1.98. The number of hydrogen-bond acceptors (Lipinski definition) is 7. The molecule has 0 aliphatic carbocycles. The summed E-state index contributed by atoms with van der Waals surface area (Å²) in [6.07, 6.45) is 1.34. The summed E-state index contributed by atoms with van der Waals surface area (Å²) in [5, 5.41) is 4.12. The number of nitrogens with two attached hydrogens (primary N) is 1. The van der Waals surface area contributed by atoms with Crippen LogP contribution in [-0.2, 0) is 4.74 Å². The number of carbonyl (C=O) groups is 1. The number of esters is 1. The summed E-state index contributed by atoms with van der Waals surface area (Å²) >= 11 is 0. The Kier molecular flexibility index (Phi) is 4.57. The highest BCUT2D eigenvalue weighted by Crippen LogP contribution is 2.25. The number of nitrogens with zero attached hydrogens (tertiary/aromatic N) is 4. The Hall–Kier alpha value is -3.42. The Morgan fingerprint density at radius 3 is 2.42 bits per heavy atom. The van der Waals surface area contributed by atoms with E-state index in [1.165, 1.54) is 18.0 Å². The molecular weight excluding hydrogens is 334 g/mol. The van der Waals surface area contributed by atoms with Crippen molar-refractivity contribution < 1.29 is 14.3 Å². The fourth-order valence-corrected chi connectivity index (χ4v) is 2.61. The number of benzene rings is 1. The lowest BCUT2D eigenvalue weighted by molar-refractivity contribution is 0.0602. The highest BCUT2D eigenvalue weighted by atomic mass is 16.5. The second kappa shape index (κ2) is 6.83. The summed E-state index contributed by atoms with van der Waals surface area (Å²) in [4.78, 5) is 20.3. The third-order valence-electron chi connectivity index (χ3n) is 3.65. The van der Waals surface area contributed by atoms with Gasteiger partial charge in [-0.05, 0) is 44.0 Å². The van der Waals surface area contributed by atoms with Crippen molar-refractivity contribution in [2.75, 3.05) is 12.8 Å². The molecule has 2 aromatic heterocycles. The smallest absolute Gasteiger partial charge is 0.343 e. The first-order valence-electron chi connectivity index (χ1n) is 7.91. The van der Waals surface area contributed by atoms with Crippen LogP contribution in [0.1, 0.15) is 27.3 Å². The third kappa shape index (κ3) is 3.49. The fourth-order valence-electron chi connectivity index (χ4n) is 2.61. The maximum absolute atomic E-state index is 11.7. The van der Waals surface area contributed by atoms with E-state index in [4.69, 9.17) is 10.5 Å². The lowest BCUT2D eigenvalue weighted by Crippen LogP contribution is -2.09. The van der Waals surface area contributed by atoms with Gasteiger partial charge in [0.05, 0.1) is 13.3 Å². The van der Waals surface area contributed by atoms with Gasteiger partial charge in [0.1, 0.15) is 23.0 Å². The number of nitrogen functional groups attached to an aromatic ring is 1. The predicted molar refractivity (Wildman–Crippen MR) is 95.6 cm³/mol. The molecular formula is C18H19N5O3. The van der Waals surface area contributed by atoms with E-state index in [1.807, 2.05) is 26.0 Å². The van der Waals surface area contributed by atoms with Gasteiger partial charge in [0, 0.05) is 6.07 Å². The number of rotatable bonds is 4. The van der Waals surface area contributed by atoms with Crippen LogP contribution in [0.2, 0.25) is 0 Å². The standard InChI is InChI=1S/C18H19N5O3/c1-10-5-11(2)7-13(6-10)26-16-8-15(21-12(3)22-16)23-17(19)14(9-20-23)18(24)25-4/h5-9H,19H2,1-4H3. The molecule has 0 aliphatic rings. The third-order valence-corrected chi connectivity index (χ3v) is 3.65. The lowest BCUT2D eigenvalue weighted by atomic mass is 10.1. The van der Waals surface area contributed by atoms with Crippen LogP contribution in [0.5, 0.6) is 11.6 Å². The molecule has 0 radical (unpaired) electrons. The van der Waals surface area contributed by atoms with E-state index in [0.717, 1.165) is 11.1 Å². The highest BCUT2D eigenvalue weighted by molar-refractivity contribution is 5.94. The van der Waals surface area contributed by atoms with Crippen LogP contribution >= 0.6 is 0 Å². The van der Waals surface area contributed by atoms with Crippen molar-refractivity contribution in [3.63, 3.8) is 0 Å². The second-order valence-corrected chi connectivity index (χ2v) is 5.88. The molecule has 8 nitrogen and oxygen atoms in total. The molecule has 0 unspecified atom stereocenters.